The summed E-state index contributed by atoms with van der Waals surface area (Å²) < 4.78 is 0. The molecule has 5 heteroatoms. The highest BCUT2D eigenvalue weighted by Crippen LogP contribution is 2.30. The maximum absolute atomic E-state index is 12.6. The van der Waals surface area contributed by atoms with Crippen LogP contribution >= 0.6 is 0 Å². The molecule has 5 nitrogen and oxygen atoms in total. The first-order valence-corrected chi connectivity index (χ1v) is 10.2. The van der Waals surface area contributed by atoms with Gasteiger partial charge in [-0.25, -0.2) is 0 Å². The summed E-state index contributed by atoms with van der Waals surface area (Å²) in [4.78, 5) is 29.2. The minimum absolute atomic E-state index is 0.0127. The lowest BCUT2D eigenvalue weighted by molar-refractivity contribution is -0.140. The van der Waals surface area contributed by atoms with E-state index in [1.807, 2.05) is 17.0 Å². The number of hydrogen-bond acceptors (Lipinski definition) is 3. The third kappa shape index (κ3) is 3.71. The number of carbonyl (C=O) groups is 2. The Hall–Kier alpha value is -2.04. The zero-order valence-electron chi connectivity index (χ0n) is 15.5. The molecular weight excluding hydrogens is 326 g/mol. The maximum atomic E-state index is 12.6. The minimum atomic E-state index is 0.0127. The number of carbonyl (C=O) groups excluding carboxylic acids is 2. The molecule has 0 radical (unpaired) electrons. The molecule has 140 valence electrons. The van der Waals surface area contributed by atoms with Crippen LogP contribution in [-0.4, -0.2) is 42.9 Å². The van der Waals surface area contributed by atoms with Crippen molar-refractivity contribution in [3.05, 3.63) is 24.3 Å². The van der Waals surface area contributed by atoms with Crippen molar-refractivity contribution in [2.24, 2.45) is 11.8 Å². The Labute approximate surface area is 155 Å². The molecule has 3 aliphatic rings. The first-order valence-electron chi connectivity index (χ1n) is 10.2. The molecule has 1 aromatic carbocycles. The quantitative estimate of drug-likeness (QED) is 0.902. The molecule has 2 saturated heterocycles. The molecule has 1 aromatic rings. The predicted octanol–water partition coefficient (Wildman–Crippen LogP) is 3.26. The minimum Gasteiger partial charge on any atom is -0.372 e. The zero-order valence-corrected chi connectivity index (χ0v) is 15.5. The highest BCUT2D eigenvalue weighted by Gasteiger charge is 2.33. The number of hydrogen-bond donors (Lipinski definition) is 1. The second kappa shape index (κ2) is 7.68. The molecule has 2 amide bonds. The van der Waals surface area contributed by atoms with Crippen molar-refractivity contribution in [2.45, 2.75) is 44.9 Å². The Morgan fingerprint density at radius 2 is 1.46 bits per heavy atom. The third-order valence-corrected chi connectivity index (χ3v) is 6.24. The molecule has 0 atom stereocenters. The summed E-state index contributed by atoms with van der Waals surface area (Å²) in [7, 11) is 0. The summed E-state index contributed by atoms with van der Waals surface area (Å²) in [5.41, 5.74) is 2.11. The molecule has 0 spiro atoms. The van der Waals surface area contributed by atoms with Crippen molar-refractivity contribution >= 4 is 23.2 Å². The van der Waals surface area contributed by atoms with Crippen LogP contribution in [0.15, 0.2) is 24.3 Å². The number of likely N-dealkylation sites (tertiary alicyclic amines) is 1. The number of nitrogens with zero attached hydrogens (tertiary/aromatic N) is 2. The van der Waals surface area contributed by atoms with Gasteiger partial charge in [0.1, 0.15) is 0 Å². The SMILES string of the molecule is O=C(Nc1ccc(N2CCCC2)cc1)C1CCN(C(=O)C2CCC2)CC1. The van der Waals surface area contributed by atoms with Crippen LogP contribution in [-0.2, 0) is 9.59 Å². The second-order valence-electron chi connectivity index (χ2n) is 7.96. The van der Waals surface area contributed by atoms with Gasteiger partial charge < -0.3 is 15.1 Å². The molecule has 3 fully saturated rings. The van der Waals surface area contributed by atoms with Crippen molar-refractivity contribution in [2.75, 3.05) is 36.4 Å². The van der Waals surface area contributed by atoms with Crippen LogP contribution in [0.1, 0.15) is 44.9 Å². The second-order valence-corrected chi connectivity index (χ2v) is 7.96. The molecule has 0 aromatic heterocycles. The lowest BCUT2D eigenvalue weighted by atomic mass is 9.83. The van der Waals surface area contributed by atoms with E-state index in [2.05, 4.69) is 22.3 Å². The van der Waals surface area contributed by atoms with E-state index >= 15 is 0 Å². The van der Waals surface area contributed by atoms with Gasteiger partial charge in [0.05, 0.1) is 0 Å². The average molecular weight is 355 g/mol. The molecule has 2 heterocycles. The van der Waals surface area contributed by atoms with Crippen LogP contribution in [0.4, 0.5) is 11.4 Å². The fourth-order valence-corrected chi connectivity index (χ4v) is 4.25. The van der Waals surface area contributed by atoms with E-state index in [-0.39, 0.29) is 17.7 Å². The summed E-state index contributed by atoms with van der Waals surface area (Å²) in [5, 5.41) is 3.06. The molecule has 26 heavy (non-hydrogen) atoms. The molecule has 1 saturated carbocycles. The Morgan fingerprint density at radius 1 is 0.808 bits per heavy atom. The highest BCUT2D eigenvalue weighted by molar-refractivity contribution is 5.93. The Balaban J connectivity index is 1.26. The summed E-state index contributed by atoms with van der Waals surface area (Å²) in [6.45, 7) is 3.70. The Bertz CT molecular complexity index is 640. The van der Waals surface area contributed by atoms with Crippen LogP contribution in [0.25, 0.3) is 0 Å². The average Bonchev–Trinajstić information content (AvgIpc) is 3.15. The van der Waals surface area contributed by atoms with Crippen LogP contribution in [0.5, 0.6) is 0 Å². The molecule has 0 unspecified atom stereocenters. The number of amides is 2. The van der Waals surface area contributed by atoms with Gasteiger partial charge in [0.2, 0.25) is 11.8 Å². The monoisotopic (exact) mass is 355 g/mol. The van der Waals surface area contributed by atoms with E-state index in [4.69, 9.17) is 0 Å². The van der Waals surface area contributed by atoms with Gasteiger partial charge in [-0.1, -0.05) is 6.42 Å². The summed E-state index contributed by atoms with van der Waals surface area (Å²) in [6, 6.07) is 8.20. The van der Waals surface area contributed by atoms with Crippen molar-refractivity contribution < 1.29 is 9.59 Å². The van der Waals surface area contributed by atoms with Crippen molar-refractivity contribution in [3.63, 3.8) is 0 Å². The van der Waals surface area contributed by atoms with E-state index in [1.165, 1.54) is 24.9 Å². The van der Waals surface area contributed by atoms with Crippen LogP contribution in [0, 0.1) is 11.8 Å². The largest absolute Gasteiger partial charge is 0.372 e. The van der Waals surface area contributed by atoms with Gasteiger partial charge in [0.15, 0.2) is 0 Å². The molecule has 2 aliphatic heterocycles. The van der Waals surface area contributed by atoms with E-state index in [0.29, 0.717) is 5.91 Å². The third-order valence-electron chi connectivity index (χ3n) is 6.24. The lowest BCUT2D eigenvalue weighted by Gasteiger charge is -2.36. The van der Waals surface area contributed by atoms with E-state index < -0.39 is 0 Å². The van der Waals surface area contributed by atoms with E-state index in [1.54, 1.807) is 0 Å². The van der Waals surface area contributed by atoms with Gasteiger partial charge in [-0.3, -0.25) is 9.59 Å². The van der Waals surface area contributed by atoms with Gasteiger partial charge in [0.25, 0.3) is 0 Å². The number of nitrogens with one attached hydrogen (secondary N) is 1. The standard InChI is InChI=1S/C21H29N3O2/c25-20(16-10-14-24(15-11-16)21(26)17-4-3-5-17)22-18-6-8-19(9-7-18)23-12-1-2-13-23/h6-9,16-17H,1-5,10-15H2,(H,22,25). The van der Waals surface area contributed by atoms with Crippen molar-refractivity contribution in [1.29, 1.82) is 0 Å². The topological polar surface area (TPSA) is 52.7 Å². The number of benzene rings is 1. The predicted molar refractivity (Wildman–Crippen MR) is 103 cm³/mol. The van der Waals surface area contributed by atoms with Gasteiger partial charge in [-0.15, -0.1) is 0 Å². The molecule has 4 rings (SSSR count). The van der Waals surface area contributed by atoms with Gasteiger partial charge in [-0.2, -0.15) is 0 Å². The maximum Gasteiger partial charge on any atom is 0.227 e. The van der Waals surface area contributed by atoms with Crippen molar-refractivity contribution in [3.8, 4) is 0 Å². The Morgan fingerprint density at radius 3 is 2.04 bits per heavy atom. The lowest BCUT2D eigenvalue weighted by Crippen LogP contribution is -2.45. The number of piperidine rings is 1. The molecular formula is C21H29N3O2. The summed E-state index contributed by atoms with van der Waals surface area (Å²) in [6.07, 6.45) is 7.36. The van der Waals surface area contributed by atoms with Gasteiger partial charge >= 0.3 is 0 Å². The van der Waals surface area contributed by atoms with E-state index in [9.17, 15) is 9.59 Å². The molecule has 1 aliphatic carbocycles. The highest BCUT2D eigenvalue weighted by atomic mass is 16.2. The van der Waals surface area contributed by atoms with Crippen LogP contribution in [0.3, 0.4) is 0 Å². The van der Waals surface area contributed by atoms with Gasteiger partial charge in [-0.05, 0) is 62.8 Å². The van der Waals surface area contributed by atoms with Crippen LogP contribution in [0.2, 0.25) is 0 Å². The van der Waals surface area contributed by atoms with Crippen molar-refractivity contribution in [1.82, 2.24) is 4.90 Å². The first-order chi connectivity index (χ1) is 12.7. The van der Waals surface area contributed by atoms with Crippen LogP contribution < -0.4 is 10.2 Å². The summed E-state index contributed by atoms with van der Waals surface area (Å²) in [5.74, 6) is 0.676. The number of anilines is 2. The normalized spacial score (nSPS) is 21.5. The van der Waals surface area contributed by atoms with Gasteiger partial charge in [0, 0.05) is 49.4 Å². The fraction of sp³-hybridized carbons (Fsp3) is 0.619. The molecule has 0 bridgehead atoms. The Kier molecular flexibility index (Phi) is 5.14. The molecule has 1 N–H and O–H groups in total. The first kappa shape index (κ1) is 17.4. The smallest absolute Gasteiger partial charge is 0.227 e. The summed E-state index contributed by atoms with van der Waals surface area (Å²) >= 11 is 0. The number of rotatable bonds is 4. The zero-order chi connectivity index (χ0) is 17.9. The fourth-order valence-electron chi connectivity index (χ4n) is 4.25. The van der Waals surface area contributed by atoms with E-state index in [0.717, 1.165) is 57.5 Å².